The van der Waals surface area contributed by atoms with Gasteiger partial charge < -0.3 is 15.2 Å². The summed E-state index contributed by atoms with van der Waals surface area (Å²) in [7, 11) is 0. The molecule has 0 unspecified atom stereocenters. The number of pyridine rings is 1. The molecule has 1 atom stereocenters. The summed E-state index contributed by atoms with van der Waals surface area (Å²) in [6.45, 7) is 1.79. The summed E-state index contributed by atoms with van der Waals surface area (Å²) in [5.74, 6) is -0.729. The fraction of sp³-hybridized carbons (Fsp3) is 0.0952. The van der Waals surface area contributed by atoms with E-state index in [1.807, 2.05) is 0 Å². The zero-order chi connectivity index (χ0) is 21.0. The van der Waals surface area contributed by atoms with Crippen LogP contribution in [0.1, 0.15) is 39.2 Å². The van der Waals surface area contributed by atoms with Crippen LogP contribution in [0.15, 0.2) is 60.9 Å². The number of aromatic nitrogens is 1. The van der Waals surface area contributed by atoms with Crippen LogP contribution >= 0.6 is 23.2 Å². The zero-order valence-electron chi connectivity index (χ0n) is 15.2. The fourth-order valence-corrected chi connectivity index (χ4v) is 2.95. The highest BCUT2D eigenvalue weighted by Gasteiger charge is 2.18. The van der Waals surface area contributed by atoms with E-state index >= 15 is 0 Å². The van der Waals surface area contributed by atoms with Crippen LogP contribution in [-0.4, -0.2) is 22.0 Å². The second-order valence-electron chi connectivity index (χ2n) is 6.20. The molecule has 3 aromatic rings. The number of hydrogen-bond acceptors (Lipinski definition) is 4. The number of carbonyl (C=O) groups excluding carboxylic acids is 1. The van der Waals surface area contributed by atoms with Gasteiger partial charge in [-0.05, 0) is 42.8 Å². The van der Waals surface area contributed by atoms with Crippen LogP contribution in [0, 0.1) is 0 Å². The number of halogens is 2. The molecule has 2 aromatic carbocycles. The number of amides is 1. The summed E-state index contributed by atoms with van der Waals surface area (Å²) in [5, 5.41) is 12.6. The first-order valence-corrected chi connectivity index (χ1v) is 9.31. The Morgan fingerprint density at radius 2 is 1.76 bits per heavy atom. The summed E-state index contributed by atoms with van der Waals surface area (Å²) in [6.07, 6.45) is 2.95. The molecule has 8 heteroatoms. The Morgan fingerprint density at radius 1 is 1.03 bits per heavy atom. The summed E-state index contributed by atoms with van der Waals surface area (Å²) >= 11 is 12.0. The largest absolute Gasteiger partial charge is 0.478 e. The molecule has 1 amide bonds. The average molecular weight is 431 g/mol. The van der Waals surface area contributed by atoms with Crippen LogP contribution in [0.3, 0.4) is 0 Å². The second kappa shape index (κ2) is 8.94. The first kappa shape index (κ1) is 20.6. The van der Waals surface area contributed by atoms with Crippen LogP contribution in [0.4, 0.5) is 0 Å². The van der Waals surface area contributed by atoms with Crippen molar-refractivity contribution in [2.24, 2.45) is 0 Å². The van der Waals surface area contributed by atoms with Gasteiger partial charge in [0.25, 0.3) is 5.91 Å². The van der Waals surface area contributed by atoms with Crippen molar-refractivity contribution < 1.29 is 19.4 Å². The van der Waals surface area contributed by atoms with Gasteiger partial charge >= 0.3 is 5.97 Å². The lowest BCUT2D eigenvalue weighted by molar-refractivity contribution is 0.0696. The lowest BCUT2D eigenvalue weighted by atomic mass is 10.1. The average Bonchev–Trinajstić information content (AvgIpc) is 2.69. The normalized spacial score (nSPS) is 11.6. The Bertz CT molecular complexity index is 1050. The van der Waals surface area contributed by atoms with E-state index in [-0.39, 0.29) is 17.2 Å². The third kappa shape index (κ3) is 5.25. The highest BCUT2D eigenvalue weighted by Crippen LogP contribution is 2.29. The third-order valence-corrected chi connectivity index (χ3v) is 4.54. The minimum atomic E-state index is -1.01. The minimum Gasteiger partial charge on any atom is -0.478 e. The number of aromatic carboxylic acids is 1. The standard InChI is InChI=1S/C21H16Cl2N2O4/c1-12(13-2-4-14(5-3-13)21(27)28)25-20(26)18-9-15(22)6-7-19(18)29-17-8-16(23)10-24-11-17/h2-12H,1H3,(H,25,26)(H,27,28)/t12-/m0/s1. The molecule has 1 heterocycles. The van der Waals surface area contributed by atoms with E-state index in [0.29, 0.717) is 21.5 Å². The summed E-state index contributed by atoms with van der Waals surface area (Å²) in [4.78, 5) is 27.8. The van der Waals surface area contributed by atoms with Gasteiger partial charge in [0.15, 0.2) is 0 Å². The van der Waals surface area contributed by atoms with Crippen LogP contribution in [0.5, 0.6) is 11.5 Å². The summed E-state index contributed by atoms with van der Waals surface area (Å²) < 4.78 is 5.76. The van der Waals surface area contributed by atoms with Gasteiger partial charge in [0.2, 0.25) is 0 Å². The monoisotopic (exact) mass is 430 g/mol. The van der Waals surface area contributed by atoms with Gasteiger partial charge in [0, 0.05) is 17.3 Å². The molecule has 0 radical (unpaired) electrons. The fourth-order valence-electron chi connectivity index (χ4n) is 2.62. The van der Waals surface area contributed by atoms with Gasteiger partial charge in [-0.15, -0.1) is 0 Å². The molecule has 0 bridgehead atoms. The van der Waals surface area contributed by atoms with Crippen LogP contribution in [-0.2, 0) is 0 Å². The molecule has 0 saturated carbocycles. The molecule has 148 valence electrons. The molecule has 0 aliphatic heterocycles. The molecule has 0 aliphatic rings. The van der Waals surface area contributed by atoms with E-state index in [1.54, 1.807) is 37.3 Å². The molecule has 2 N–H and O–H groups in total. The van der Waals surface area contributed by atoms with Crippen molar-refractivity contribution in [1.82, 2.24) is 10.3 Å². The van der Waals surface area contributed by atoms with Crippen molar-refractivity contribution in [2.45, 2.75) is 13.0 Å². The van der Waals surface area contributed by atoms with Gasteiger partial charge in [-0.25, -0.2) is 4.79 Å². The maximum atomic E-state index is 12.8. The Balaban J connectivity index is 1.80. The predicted octanol–water partition coefficient (Wildman–Crippen LogP) is 5.37. The minimum absolute atomic E-state index is 0.174. The number of rotatable bonds is 6. The number of carboxylic acids is 1. The van der Waals surface area contributed by atoms with Gasteiger partial charge in [-0.1, -0.05) is 35.3 Å². The van der Waals surface area contributed by atoms with E-state index in [1.165, 1.54) is 30.6 Å². The summed E-state index contributed by atoms with van der Waals surface area (Å²) in [6, 6.07) is 12.2. The molecule has 0 fully saturated rings. The van der Waals surface area contributed by atoms with E-state index in [4.69, 9.17) is 33.0 Å². The zero-order valence-corrected chi connectivity index (χ0v) is 16.7. The Hall–Kier alpha value is -3.09. The topological polar surface area (TPSA) is 88.5 Å². The molecule has 0 saturated heterocycles. The van der Waals surface area contributed by atoms with Gasteiger partial charge in [0.1, 0.15) is 11.5 Å². The van der Waals surface area contributed by atoms with Crippen molar-refractivity contribution in [2.75, 3.05) is 0 Å². The van der Waals surface area contributed by atoms with Crippen molar-refractivity contribution in [3.63, 3.8) is 0 Å². The first-order valence-electron chi connectivity index (χ1n) is 8.55. The van der Waals surface area contributed by atoms with Crippen molar-refractivity contribution >= 4 is 35.1 Å². The third-order valence-electron chi connectivity index (χ3n) is 4.10. The number of nitrogens with zero attached hydrogens (tertiary/aromatic N) is 1. The quantitative estimate of drug-likeness (QED) is 0.548. The highest BCUT2D eigenvalue weighted by molar-refractivity contribution is 6.31. The van der Waals surface area contributed by atoms with Crippen molar-refractivity contribution in [3.8, 4) is 11.5 Å². The number of carbonyl (C=O) groups is 2. The number of nitrogens with one attached hydrogen (secondary N) is 1. The highest BCUT2D eigenvalue weighted by atomic mass is 35.5. The number of carboxylic acid groups (broad SMARTS) is 1. The maximum Gasteiger partial charge on any atom is 0.335 e. The second-order valence-corrected chi connectivity index (χ2v) is 7.08. The SMILES string of the molecule is C[C@H](NC(=O)c1cc(Cl)ccc1Oc1cncc(Cl)c1)c1ccc(C(=O)O)cc1. The molecule has 29 heavy (non-hydrogen) atoms. The molecule has 6 nitrogen and oxygen atoms in total. The lowest BCUT2D eigenvalue weighted by Gasteiger charge is -2.17. The van der Waals surface area contributed by atoms with Crippen LogP contribution in [0.2, 0.25) is 10.0 Å². The van der Waals surface area contributed by atoms with E-state index in [0.717, 1.165) is 5.56 Å². The predicted molar refractivity (Wildman–Crippen MR) is 110 cm³/mol. The smallest absolute Gasteiger partial charge is 0.335 e. The van der Waals surface area contributed by atoms with Gasteiger partial charge in [0.05, 0.1) is 28.4 Å². The molecule has 0 aliphatic carbocycles. The molecule has 1 aromatic heterocycles. The number of ether oxygens (including phenoxy) is 1. The Labute approximate surface area is 177 Å². The van der Waals surface area contributed by atoms with Gasteiger partial charge in [-0.3, -0.25) is 9.78 Å². The molecule has 0 spiro atoms. The first-order chi connectivity index (χ1) is 13.8. The van der Waals surface area contributed by atoms with E-state index in [9.17, 15) is 9.59 Å². The van der Waals surface area contributed by atoms with Gasteiger partial charge in [-0.2, -0.15) is 0 Å². The lowest BCUT2D eigenvalue weighted by Crippen LogP contribution is -2.27. The number of benzene rings is 2. The van der Waals surface area contributed by atoms with E-state index in [2.05, 4.69) is 10.3 Å². The molecular weight excluding hydrogens is 415 g/mol. The van der Waals surface area contributed by atoms with Crippen molar-refractivity contribution in [1.29, 1.82) is 0 Å². The summed E-state index contributed by atoms with van der Waals surface area (Å²) in [5.41, 5.74) is 1.17. The molecular formula is C21H16Cl2N2O4. The molecule has 3 rings (SSSR count). The maximum absolute atomic E-state index is 12.8. The van der Waals surface area contributed by atoms with Crippen LogP contribution in [0.25, 0.3) is 0 Å². The van der Waals surface area contributed by atoms with E-state index < -0.39 is 11.9 Å². The van der Waals surface area contributed by atoms with Crippen LogP contribution < -0.4 is 10.1 Å². The van der Waals surface area contributed by atoms with Crippen molar-refractivity contribution in [3.05, 3.63) is 87.7 Å². The number of hydrogen-bond donors (Lipinski definition) is 2. The Kier molecular flexibility index (Phi) is 6.36. The Morgan fingerprint density at radius 3 is 2.41 bits per heavy atom.